The maximum atomic E-state index is 13.6. The molecular weight excluding hydrogens is 590 g/mol. The molecule has 0 fully saturated rings. The lowest BCUT2D eigenvalue weighted by Gasteiger charge is -2.27. The number of H-pyrrole nitrogens is 1. The second-order valence-corrected chi connectivity index (χ2v) is 11.4. The van der Waals surface area contributed by atoms with Crippen LogP contribution in [0.25, 0.3) is 10.9 Å². The van der Waals surface area contributed by atoms with E-state index in [1.54, 1.807) is 20.0 Å². The SMILES string of the molecule is CC[C@H](C)[C@H](N)C(=O)N[C@@H](Cc1c[nH]c2ccccc12)C(=O)N[C@@H](CS)C(=O)N[C@H](C(=O)N[C@@H](CC(N)=O)C(=O)O)C(C)C. The molecule has 1 aromatic heterocycles. The van der Waals surface area contributed by atoms with Crippen LogP contribution in [-0.2, 0) is 35.2 Å². The van der Waals surface area contributed by atoms with Crippen LogP contribution in [-0.4, -0.2) is 81.6 Å². The van der Waals surface area contributed by atoms with Crippen molar-refractivity contribution in [3.63, 3.8) is 0 Å². The third-order valence-electron chi connectivity index (χ3n) is 7.37. The molecular formula is C29H43N7O7S. The first-order valence-corrected chi connectivity index (χ1v) is 15.0. The van der Waals surface area contributed by atoms with E-state index in [0.29, 0.717) is 6.42 Å². The molecule has 14 nitrogen and oxygen atoms in total. The fourth-order valence-electron chi connectivity index (χ4n) is 4.43. The smallest absolute Gasteiger partial charge is 0.326 e. The number of carboxylic acids is 1. The fraction of sp³-hybridized carbons (Fsp3) is 0.517. The Labute approximate surface area is 261 Å². The Kier molecular flexibility index (Phi) is 13.7. The van der Waals surface area contributed by atoms with Crippen molar-refractivity contribution in [3.05, 3.63) is 36.0 Å². The molecule has 0 spiro atoms. The van der Waals surface area contributed by atoms with Gasteiger partial charge in [-0.2, -0.15) is 12.6 Å². The molecule has 0 unspecified atom stereocenters. The van der Waals surface area contributed by atoms with Crippen molar-refractivity contribution >= 4 is 59.0 Å². The molecule has 6 atom stereocenters. The van der Waals surface area contributed by atoms with Crippen molar-refractivity contribution in [2.45, 2.75) is 77.2 Å². The van der Waals surface area contributed by atoms with Crippen LogP contribution in [0.15, 0.2) is 30.5 Å². The lowest BCUT2D eigenvalue weighted by Crippen LogP contribution is -2.60. The number of aromatic nitrogens is 1. The van der Waals surface area contributed by atoms with Gasteiger partial charge in [-0.05, 0) is 23.5 Å². The second kappa shape index (κ2) is 16.7. The number of carbonyl (C=O) groups excluding carboxylic acids is 5. The minimum Gasteiger partial charge on any atom is -0.480 e. The number of fused-ring (bicyclic) bond motifs is 1. The molecule has 44 heavy (non-hydrogen) atoms. The summed E-state index contributed by atoms with van der Waals surface area (Å²) in [7, 11) is 0. The molecule has 2 aromatic rings. The Bertz CT molecular complexity index is 1350. The average Bonchev–Trinajstić information content (AvgIpc) is 3.38. The summed E-state index contributed by atoms with van der Waals surface area (Å²) >= 11 is 4.21. The van der Waals surface area contributed by atoms with Gasteiger partial charge in [0.15, 0.2) is 0 Å². The average molecular weight is 634 g/mol. The Balaban J connectivity index is 2.25. The van der Waals surface area contributed by atoms with Crippen LogP contribution >= 0.6 is 12.6 Å². The van der Waals surface area contributed by atoms with Gasteiger partial charge < -0.3 is 42.8 Å². The van der Waals surface area contributed by atoms with Gasteiger partial charge in [0.2, 0.25) is 29.5 Å². The number of hydrogen-bond acceptors (Lipinski definition) is 8. The van der Waals surface area contributed by atoms with E-state index in [0.717, 1.165) is 16.5 Å². The number of nitrogens with two attached hydrogens (primary N) is 2. The van der Waals surface area contributed by atoms with E-state index in [4.69, 9.17) is 11.5 Å². The number of primary amides is 1. The number of carboxylic acid groups (broad SMARTS) is 1. The van der Waals surface area contributed by atoms with E-state index in [-0.39, 0.29) is 18.1 Å². The predicted molar refractivity (Wildman–Crippen MR) is 167 cm³/mol. The van der Waals surface area contributed by atoms with Gasteiger partial charge in [-0.25, -0.2) is 4.79 Å². The molecule has 1 aromatic carbocycles. The minimum atomic E-state index is -1.59. The highest BCUT2D eigenvalue weighted by molar-refractivity contribution is 7.80. The maximum absolute atomic E-state index is 13.6. The molecule has 15 heteroatoms. The van der Waals surface area contributed by atoms with Crippen molar-refractivity contribution in [2.24, 2.45) is 23.3 Å². The van der Waals surface area contributed by atoms with Crippen molar-refractivity contribution in [3.8, 4) is 0 Å². The first kappa shape index (κ1) is 36.1. The van der Waals surface area contributed by atoms with Crippen LogP contribution < -0.4 is 32.7 Å². The van der Waals surface area contributed by atoms with Crippen molar-refractivity contribution in [1.82, 2.24) is 26.3 Å². The first-order chi connectivity index (χ1) is 20.7. The number of rotatable bonds is 17. The van der Waals surface area contributed by atoms with E-state index in [1.165, 1.54) is 0 Å². The topological polar surface area (TPSA) is 239 Å². The Morgan fingerprint density at radius 1 is 0.886 bits per heavy atom. The number of amides is 5. The third kappa shape index (κ3) is 9.98. The highest BCUT2D eigenvalue weighted by Crippen LogP contribution is 2.19. The Morgan fingerprint density at radius 2 is 1.48 bits per heavy atom. The van der Waals surface area contributed by atoms with Crippen LogP contribution in [0.2, 0.25) is 0 Å². The third-order valence-corrected chi connectivity index (χ3v) is 7.74. The number of hydrogen-bond donors (Lipinski definition) is 9. The summed E-state index contributed by atoms with van der Waals surface area (Å²) in [5.41, 5.74) is 12.8. The zero-order chi connectivity index (χ0) is 33.1. The number of nitrogens with one attached hydrogen (secondary N) is 5. The molecule has 10 N–H and O–H groups in total. The van der Waals surface area contributed by atoms with Gasteiger partial charge in [-0.3, -0.25) is 24.0 Å². The lowest BCUT2D eigenvalue weighted by atomic mass is 9.98. The highest BCUT2D eigenvalue weighted by Gasteiger charge is 2.33. The summed E-state index contributed by atoms with van der Waals surface area (Å²) in [6.07, 6.45) is 1.83. The molecule has 0 aliphatic carbocycles. The fourth-order valence-corrected chi connectivity index (χ4v) is 4.69. The molecule has 242 valence electrons. The van der Waals surface area contributed by atoms with Gasteiger partial charge in [0.05, 0.1) is 12.5 Å². The van der Waals surface area contributed by atoms with E-state index in [1.807, 2.05) is 38.1 Å². The van der Waals surface area contributed by atoms with Crippen molar-refractivity contribution < 1.29 is 33.9 Å². The first-order valence-electron chi connectivity index (χ1n) is 14.3. The molecule has 0 radical (unpaired) electrons. The molecule has 1 heterocycles. The molecule has 2 rings (SSSR count). The number of aromatic amines is 1. The second-order valence-electron chi connectivity index (χ2n) is 11.1. The standard InChI is InChI=1S/C29H43N7O7S/c1-5-15(4)23(31)27(40)33-19(10-16-12-32-18-9-7-6-8-17(16)18)25(38)35-21(13-44)26(39)36-24(14(2)3)28(41)34-20(29(42)43)11-22(30)37/h6-9,12,14-15,19-21,23-24,32,44H,5,10-11,13,31H2,1-4H3,(H2,30,37)(H,33,40)(H,34,41)(H,35,38)(H,36,39)(H,42,43)/t15-,19-,20-,21-,23-,24-/m0/s1. The van der Waals surface area contributed by atoms with Crippen LogP contribution in [0, 0.1) is 11.8 Å². The number of carbonyl (C=O) groups is 6. The van der Waals surface area contributed by atoms with Crippen molar-refractivity contribution in [1.29, 1.82) is 0 Å². The Hall–Kier alpha value is -4.11. The maximum Gasteiger partial charge on any atom is 0.326 e. The van der Waals surface area contributed by atoms with Gasteiger partial charge in [-0.1, -0.05) is 52.3 Å². The van der Waals surface area contributed by atoms with Crippen LogP contribution in [0.1, 0.15) is 46.1 Å². The summed E-state index contributed by atoms with van der Waals surface area (Å²) in [6, 6.07) is 1.45. The lowest BCUT2D eigenvalue weighted by molar-refractivity contribution is -0.144. The van der Waals surface area contributed by atoms with Gasteiger partial charge in [0.1, 0.15) is 24.2 Å². The molecule has 0 saturated heterocycles. The van der Waals surface area contributed by atoms with Gasteiger partial charge in [0.25, 0.3) is 0 Å². The summed E-state index contributed by atoms with van der Waals surface area (Å²) < 4.78 is 0. The molecule has 0 bridgehead atoms. The molecule has 5 amide bonds. The van der Waals surface area contributed by atoms with E-state index in [9.17, 15) is 33.9 Å². The number of benzene rings is 1. The summed E-state index contributed by atoms with van der Waals surface area (Å²) in [5, 5.41) is 20.3. The molecule has 0 aliphatic rings. The van der Waals surface area contributed by atoms with Gasteiger partial charge in [0, 0.05) is 29.3 Å². The number of thiol groups is 1. The van der Waals surface area contributed by atoms with Gasteiger partial charge >= 0.3 is 5.97 Å². The largest absolute Gasteiger partial charge is 0.480 e. The van der Waals surface area contributed by atoms with E-state index in [2.05, 4.69) is 38.9 Å². The predicted octanol–water partition coefficient (Wildman–Crippen LogP) is -0.431. The zero-order valence-electron chi connectivity index (χ0n) is 25.3. The summed E-state index contributed by atoms with van der Waals surface area (Å²) in [4.78, 5) is 78.6. The van der Waals surface area contributed by atoms with E-state index >= 15 is 0 Å². The highest BCUT2D eigenvalue weighted by atomic mass is 32.1. The van der Waals surface area contributed by atoms with Crippen LogP contribution in [0.5, 0.6) is 0 Å². The monoisotopic (exact) mass is 633 g/mol. The minimum absolute atomic E-state index is 0.0865. The Morgan fingerprint density at radius 3 is 2.05 bits per heavy atom. The summed E-state index contributed by atoms with van der Waals surface area (Å²) in [6.45, 7) is 6.97. The van der Waals surface area contributed by atoms with Crippen molar-refractivity contribution in [2.75, 3.05) is 5.75 Å². The van der Waals surface area contributed by atoms with Crippen LogP contribution in [0.4, 0.5) is 0 Å². The van der Waals surface area contributed by atoms with Gasteiger partial charge in [-0.15, -0.1) is 0 Å². The summed E-state index contributed by atoms with van der Waals surface area (Å²) in [5.74, 6) is -6.03. The normalized spacial score (nSPS) is 15.3. The van der Waals surface area contributed by atoms with Crippen LogP contribution in [0.3, 0.4) is 0 Å². The van der Waals surface area contributed by atoms with E-state index < -0.39 is 78.1 Å². The molecule has 0 saturated carbocycles. The number of para-hydroxylation sites is 1. The zero-order valence-corrected chi connectivity index (χ0v) is 26.1. The number of aliphatic carboxylic acids is 1. The quantitative estimate of drug-likeness (QED) is 0.103. The molecule has 0 aliphatic heterocycles.